The Labute approximate surface area is 217 Å². The predicted octanol–water partition coefficient (Wildman–Crippen LogP) is 1.28. The molecule has 0 amide bonds. The van der Waals surface area contributed by atoms with Crippen molar-refractivity contribution in [3.8, 4) is 5.69 Å². The SMILES string of the molecule is Cc1cccc2cc(Cn3nc(I)c4c(N)ncnc43)n(-c3ccccc3[I-]I)c(=O)c12. The molecule has 0 unspecified atom stereocenters. The summed E-state index contributed by atoms with van der Waals surface area (Å²) in [4.78, 5) is 22.4. The van der Waals surface area contributed by atoms with Gasteiger partial charge < -0.3 is 0 Å². The fourth-order valence-electron chi connectivity index (χ4n) is 3.91. The van der Waals surface area contributed by atoms with Crippen molar-refractivity contribution in [3.05, 3.63) is 83.7 Å². The molecule has 0 bridgehead atoms. The van der Waals surface area contributed by atoms with Crippen LogP contribution in [-0.4, -0.2) is 24.3 Å². The minimum atomic E-state index is -0.256. The van der Waals surface area contributed by atoms with Crippen LogP contribution in [0.1, 0.15) is 11.3 Å². The molecular weight excluding hydrogens is 745 g/mol. The Morgan fingerprint density at radius 3 is 2.72 bits per heavy atom. The molecule has 0 radical (unpaired) electrons. The molecule has 0 saturated heterocycles. The number of rotatable bonds is 4. The normalized spacial score (nSPS) is 11.6. The van der Waals surface area contributed by atoms with Gasteiger partial charge in [-0.05, 0) is 0 Å². The van der Waals surface area contributed by atoms with E-state index in [1.54, 1.807) is 4.68 Å². The van der Waals surface area contributed by atoms with Gasteiger partial charge in [0.25, 0.3) is 0 Å². The van der Waals surface area contributed by atoms with E-state index in [0.717, 1.165) is 36.8 Å². The molecule has 0 aliphatic rings. The van der Waals surface area contributed by atoms with E-state index in [9.17, 15) is 4.79 Å². The fourth-order valence-corrected chi connectivity index (χ4v) is 7.98. The molecule has 0 aliphatic heterocycles. The molecule has 10 heteroatoms. The third-order valence-corrected chi connectivity index (χ3v) is 10.4. The van der Waals surface area contributed by atoms with Crippen molar-refractivity contribution in [1.82, 2.24) is 24.3 Å². The van der Waals surface area contributed by atoms with Crippen molar-refractivity contribution in [2.75, 3.05) is 5.73 Å². The number of aromatic nitrogens is 5. The predicted molar refractivity (Wildman–Crippen MR) is 139 cm³/mol. The fraction of sp³-hybridized carbons (Fsp3) is 0.0909. The molecule has 0 aliphatic carbocycles. The number of fused-ring (bicyclic) bond motifs is 2. The van der Waals surface area contributed by atoms with E-state index in [2.05, 4.69) is 68.4 Å². The number of hydrogen-bond acceptors (Lipinski definition) is 5. The number of pyridine rings is 1. The summed E-state index contributed by atoms with van der Waals surface area (Å²) in [5.74, 6) is 0.400. The van der Waals surface area contributed by atoms with Crippen molar-refractivity contribution in [3.63, 3.8) is 0 Å². The van der Waals surface area contributed by atoms with E-state index in [1.807, 2.05) is 47.9 Å². The summed E-state index contributed by atoms with van der Waals surface area (Å²) in [7, 11) is 0. The van der Waals surface area contributed by atoms with E-state index in [0.29, 0.717) is 18.0 Å². The Balaban J connectivity index is 1.82. The number of nitrogens with zero attached hydrogens (tertiary/aromatic N) is 5. The number of hydrogen-bond donors (Lipinski definition) is 1. The molecule has 5 rings (SSSR count). The molecule has 5 aromatic rings. The van der Waals surface area contributed by atoms with Crippen molar-refractivity contribution in [1.29, 1.82) is 0 Å². The van der Waals surface area contributed by atoms with Crippen LogP contribution in [-0.2, 0) is 6.54 Å². The van der Waals surface area contributed by atoms with Crippen LogP contribution in [0.2, 0.25) is 0 Å². The van der Waals surface area contributed by atoms with Crippen LogP contribution in [0.4, 0.5) is 5.82 Å². The molecule has 3 aromatic heterocycles. The first kappa shape index (κ1) is 22.0. The van der Waals surface area contributed by atoms with Crippen molar-refractivity contribution in [2.45, 2.75) is 13.5 Å². The summed E-state index contributed by atoms with van der Waals surface area (Å²) in [6, 6.07) is 16.2. The van der Waals surface area contributed by atoms with E-state index >= 15 is 0 Å². The molecule has 0 saturated carbocycles. The third-order valence-electron chi connectivity index (χ3n) is 5.33. The van der Waals surface area contributed by atoms with Crippen molar-refractivity contribution < 1.29 is 17.2 Å². The maximum absolute atomic E-state index is 13.8. The maximum atomic E-state index is 13.8. The molecule has 0 fully saturated rings. The minimum absolute atomic E-state index is 0.0165. The summed E-state index contributed by atoms with van der Waals surface area (Å²) in [5.41, 5.74) is 9.45. The number of anilines is 1. The number of para-hydroxylation sites is 1. The first-order valence-corrected chi connectivity index (χ1v) is 18.1. The molecule has 2 aromatic carbocycles. The summed E-state index contributed by atoms with van der Waals surface area (Å²) in [6.45, 7) is 2.36. The van der Waals surface area contributed by atoms with Crippen molar-refractivity contribution >= 4 is 68.8 Å². The van der Waals surface area contributed by atoms with Gasteiger partial charge in [0.1, 0.15) is 0 Å². The number of aryl methyl sites for hydroxylation is 1. The zero-order valence-corrected chi connectivity index (χ0v) is 23.2. The number of nitrogens with two attached hydrogens (primary N) is 1. The second-order valence-corrected chi connectivity index (χ2v) is 12.6. The average Bonchev–Trinajstić information content (AvgIpc) is 3.10. The summed E-state index contributed by atoms with van der Waals surface area (Å²) < 4.78 is 5.58. The molecular formula is C22H16I3N6O-. The first-order chi connectivity index (χ1) is 15.5. The molecule has 32 heavy (non-hydrogen) atoms. The van der Waals surface area contributed by atoms with Gasteiger partial charge in [-0.25, -0.2) is 0 Å². The van der Waals surface area contributed by atoms with Gasteiger partial charge in [-0.1, -0.05) is 0 Å². The molecule has 2 N–H and O–H groups in total. The quantitative estimate of drug-likeness (QED) is 0.279. The Hall–Kier alpha value is -1.81. The van der Waals surface area contributed by atoms with Crippen LogP contribution in [0.25, 0.3) is 27.5 Å². The molecule has 3 heterocycles. The number of nitrogen functional groups attached to an aromatic ring is 1. The van der Waals surface area contributed by atoms with E-state index < -0.39 is 0 Å². The second-order valence-electron chi connectivity index (χ2n) is 7.24. The molecule has 0 atom stereocenters. The van der Waals surface area contributed by atoms with Crippen LogP contribution in [0, 0.1) is 14.2 Å². The average molecular weight is 761 g/mol. The molecule has 162 valence electrons. The Morgan fingerprint density at radius 2 is 1.91 bits per heavy atom. The van der Waals surface area contributed by atoms with Gasteiger partial charge in [0, 0.05) is 0 Å². The van der Waals surface area contributed by atoms with Gasteiger partial charge in [-0.2, -0.15) is 0 Å². The van der Waals surface area contributed by atoms with Crippen LogP contribution in [0.5, 0.6) is 0 Å². The van der Waals surface area contributed by atoms with Gasteiger partial charge in [0.2, 0.25) is 0 Å². The summed E-state index contributed by atoms with van der Waals surface area (Å²) in [6.07, 6.45) is 1.44. The topological polar surface area (TPSA) is 91.6 Å². The van der Waals surface area contributed by atoms with Crippen molar-refractivity contribution in [2.24, 2.45) is 0 Å². The number of halogens is 3. The first-order valence-electron chi connectivity index (χ1n) is 9.61. The zero-order valence-electron chi connectivity index (χ0n) is 16.8. The van der Waals surface area contributed by atoms with E-state index in [1.165, 1.54) is 9.90 Å². The molecule has 0 spiro atoms. The number of benzene rings is 2. The van der Waals surface area contributed by atoms with E-state index in [4.69, 9.17) is 5.73 Å². The summed E-state index contributed by atoms with van der Waals surface area (Å²) in [5, 5.41) is 7.05. The van der Waals surface area contributed by atoms with Gasteiger partial charge in [0.05, 0.1) is 0 Å². The molecule has 7 nitrogen and oxygen atoms in total. The van der Waals surface area contributed by atoms with Gasteiger partial charge in [-0.3, -0.25) is 0 Å². The van der Waals surface area contributed by atoms with Crippen LogP contribution in [0.3, 0.4) is 0 Å². The monoisotopic (exact) mass is 761 g/mol. The van der Waals surface area contributed by atoms with Gasteiger partial charge >= 0.3 is 219 Å². The third kappa shape index (κ3) is 3.69. The van der Waals surface area contributed by atoms with Crippen LogP contribution < -0.4 is 28.5 Å². The zero-order chi connectivity index (χ0) is 22.4. The Kier molecular flexibility index (Phi) is 6.09. The Morgan fingerprint density at radius 1 is 1.09 bits per heavy atom. The van der Waals surface area contributed by atoms with Gasteiger partial charge in [0.15, 0.2) is 0 Å². The summed E-state index contributed by atoms with van der Waals surface area (Å²) >= 11 is 4.33. The standard InChI is InChI=1S/C22H16I3N6O/c1-12-5-4-6-13-9-14(10-30-21-18(19(23)29-30)20(26)27-11-28-21)31(22(32)17(12)13)16-8-3-2-7-15(16)25-24/h2-9,11H,10H2,1H3,(H2,26,27,28)/q-1. The second kappa shape index (κ2) is 8.85. The van der Waals surface area contributed by atoms with Gasteiger partial charge in [-0.15, -0.1) is 0 Å². The Bertz CT molecular complexity index is 1560. The van der Waals surface area contributed by atoms with E-state index in [-0.39, 0.29) is 22.8 Å². The van der Waals surface area contributed by atoms with Crippen LogP contribution >= 0.6 is 41.2 Å². The van der Waals surface area contributed by atoms with Crippen LogP contribution in [0.15, 0.2) is 59.7 Å².